The summed E-state index contributed by atoms with van der Waals surface area (Å²) in [6.07, 6.45) is 11.7. The minimum Gasteiger partial charge on any atom is -0.507 e. The Morgan fingerprint density at radius 2 is 1.86 bits per heavy atom. The van der Waals surface area contributed by atoms with Crippen LogP contribution in [0.3, 0.4) is 0 Å². The molecule has 0 aliphatic heterocycles. The second-order valence-electron chi connectivity index (χ2n) is 8.73. The van der Waals surface area contributed by atoms with E-state index in [0.717, 1.165) is 17.9 Å². The van der Waals surface area contributed by atoms with Gasteiger partial charge in [0.05, 0.1) is 0 Å². The predicted molar refractivity (Wildman–Crippen MR) is 85.0 cm³/mol. The lowest BCUT2D eigenvalue weighted by atomic mass is 9.49. The van der Waals surface area contributed by atoms with E-state index in [4.69, 9.17) is 0 Å². The fourth-order valence-electron chi connectivity index (χ4n) is 6.31. The minimum atomic E-state index is -2.07. The fourth-order valence-corrected chi connectivity index (χ4v) is 6.31. The lowest BCUT2D eigenvalue weighted by Crippen LogP contribution is -2.50. The highest BCUT2D eigenvalue weighted by Gasteiger charge is 2.56. The summed E-state index contributed by atoms with van der Waals surface area (Å²) in [5.74, 6) is -0.320. The van der Waals surface area contributed by atoms with E-state index in [9.17, 15) is 15.3 Å². The first kappa shape index (κ1) is 14.8. The Morgan fingerprint density at radius 1 is 1.09 bits per heavy atom. The van der Waals surface area contributed by atoms with E-state index in [1.54, 1.807) is 6.08 Å². The van der Waals surface area contributed by atoms with Gasteiger partial charge in [-0.15, -0.1) is 0 Å². The molecule has 0 aromatic carbocycles. The topological polar surface area (TPSA) is 60.7 Å². The zero-order chi connectivity index (χ0) is 15.8. The van der Waals surface area contributed by atoms with Crippen LogP contribution in [-0.2, 0) is 0 Å². The number of fused-ring (bicyclic) bond motifs is 5. The standard InChI is InChI=1S/C19H28O3/c1-17-8-3-4-14(17)13-6-5-12-10-19(21,22)16(20)11-18(12,2)15(13)7-9-17/h5,11,13-15,20-22H,3-4,6-10H2,1-2H3/t13-,14-,15-,17-,18-/m0/s1. The van der Waals surface area contributed by atoms with E-state index in [0.29, 0.717) is 17.3 Å². The maximum atomic E-state index is 10.1. The SMILES string of the molecule is C[C@@]12CCC[C@H]1[C@@H]1CC=C3CC(O)(O)C(O)=C[C@]3(C)[C@H]1CC2. The smallest absolute Gasteiger partial charge is 0.226 e. The van der Waals surface area contributed by atoms with Crippen LogP contribution in [0.2, 0.25) is 0 Å². The van der Waals surface area contributed by atoms with Gasteiger partial charge in [0.2, 0.25) is 5.79 Å². The summed E-state index contributed by atoms with van der Waals surface area (Å²) < 4.78 is 0. The molecule has 0 spiro atoms. The van der Waals surface area contributed by atoms with E-state index in [2.05, 4.69) is 19.9 Å². The van der Waals surface area contributed by atoms with Crippen LogP contribution < -0.4 is 0 Å². The maximum absolute atomic E-state index is 10.1. The summed E-state index contributed by atoms with van der Waals surface area (Å²) >= 11 is 0. The number of hydrogen-bond acceptors (Lipinski definition) is 3. The molecule has 5 atom stereocenters. The molecular formula is C19H28O3. The van der Waals surface area contributed by atoms with Crippen molar-refractivity contribution in [2.45, 2.75) is 64.6 Å². The summed E-state index contributed by atoms with van der Waals surface area (Å²) in [7, 11) is 0. The molecule has 0 amide bonds. The van der Waals surface area contributed by atoms with Crippen LogP contribution in [0.1, 0.15) is 58.8 Å². The number of rotatable bonds is 0. The maximum Gasteiger partial charge on any atom is 0.226 e. The van der Waals surface area contributed by atoms with Crippen molar-refractivity contribution in [3.8, 4) is 0 Å². The van der Waals surface area contributed by atoms with Gasteiger partial charge in [0.25, 0.3) is 0 Å². The first-order valence-electron chi connectivity index (χ1n) is 8.83. The van der Waals surface area contributed by atoms with Crippen LogP contribution in [0.4, 0.5) is 0 Å². The average Bonchev–Trinajstić information content (AvgIpc) is 2.82. The molecule has 0 unspecified atom stereocenters. The third kappa shape index (κ3) is 1.81. The molecule has 3 heteroatoms. The molecule has 0 saturated heterocycles. The second-order valence-corrected chi connectivity index (χ2v) is 8.73. The molecule has 3 nitrogen and oxygen atoms in total. The monoisotopic (exact) mass is 304 g/mol. The minimum absolute atomic E-state index is 0.150. The van der Waals surface area contributed by atoms with Gasteiger partial charge in [-0.1, -0.05) is 31.9 Å². The zero-order valence-electron chi connectivity index (χ0n) is 13.7. The lowest BCUT2D eigenvalue weighted by molar-refractivity contribution is -0.161. The molecule has 4 aliphatic carbocycles. The van der Waals surface area contributed by atoms with Gasteiger partial charge < -0.3 is 15.3 Å². The zero-order valence-corrected chi connectivity index (χ0v) is 13.7. The molecule has 0 radical (unpaired) electrons. The van der Waals surface area contributed by atoms with Gasteiger partial charge in [-0.3, -0.25) is 0 Å². The normalized spacial score (nSPS) is 49.5. The molecule has 0 heterocycles. The van der Waals surface area contributed by atoms with Crippen molar-refractivity contribution in [1.82, 2.24) is 0 Å². The van der Waals surface area contributed by atoms with Crippen LogP contribution in [-0.4, -0.2) is 21.1 Å². The van der Waals surface area contributed by atoms with E-state index < -0.39 is 5.79 Å². The van der Waals surface area contributed by atoms with Gasteiger partial charge >= 0.3 is 0 Å². The Hall–Kier alpha value is -0.800. The van der Waals surface area contributed by atoms with E-state index >= 15 is 0 Å². The van der Waals surface area contributed by atoms with Crippen molar-refractivity contribution in [2.75, 3.05) is 0 Å². The highest BCUT2D eigenvalue weighted by Crippen LogP contribution is 2.64. The molecule has 0 aromatic heterocycles. The van der Waals surface area contributed by atoms with Crippen LogP contribution >= 0.6 is 0 Å². The number of aliphatic hydroxyl groups excluding tert-OH is 1. The molecule has 3 N–H and O–H groups in total. The summed E-state index contributed by atoms with van der Waals surface area (Å²) in [5.41, 5.74) is 1.42. The van der Waals surface area contributed by atoms with Gasteiger partial charge in [-0.25, -0.2) is 0 Å². The van der Waals surface area contributed by atoms with Gasteiger partial charge in [-0.2, -0.15) is 0 Å². The van der Waals surface area contributed by atoms with Crippen LogP contribution in [0, 0.1) is 28.6 Å². The number of hydrogen-bond donors (Lipinski definition) is 3. The lowest BCUT2D eigenvalue weighted by Gasteiger charge is -2.56. The van der Waals surface area contributed by atoms with Crippen molar-refractivity contribution in [1.29, 1.82) is 0 Å². The molecule has 4 aliphatic rings. The quantitative estimate of drug-likeness (QED) is 0.472. The molecule has 2 fully saturated rings. The van der Waals surface area contributed by atoms with Gasteiger partial charge in [0.1, 0.15) is 5.76 Å². The highest BCUT2D eigenvalue weighted by atomic mass is 16.5. The van der Waals surface area contributed by atoms with E-state index in [-0.39, 0.29) is 17.6 Å². The van der Waals surface area contributed by atoms with Crippen molar-refractivity contribution in [2.24, 2.45) is 28.6 Å². The largest absolute Gasteiger partial charge is 0.507 e. The summed E-state index contributed by atoms with van der Waals surface area (Å²) in [6, 6.07) is 0. The third-order valence-electron chi connectivity index (χ3n) is 7.60. The van der Waals surface area contributed by atoms with Crippen LogP contribution in [0.25, 0.3) is 0 Å². The first-order chi connectivity index (χ1) is 10.3. The molecule has 0 aromatic rings. The molecule has 22 heavy (non-hydrogen) atoms. The number of allylic oxidation sites excluding steroid dienone is 2. The van der Waals surface area contributed by atoms with Gasteiger partial charge in [0, 0.05) is 11.8 Å². The summed E-state index contributed by atoms with van der Waals surface area (Å²) in [4.78, 5) is 0. The van der Waals surface area contributed by atoms with Crippen LogP contribution in [0.5, 0.6) is 0 Å². The predicted octanol–water partition coefficient (Wildman–Crippen LogP) is 3.68. The van der Waals surface area contributed by atoms with Gasteiger partial charge in [-0.05, 0) is 61.3 Å². The Labute approximate surface area is 132 Å². The average molecular weight is 304 g/mol. The summed E-state index contributed by atoms with van der Waals surface area (Å²) in [5, 5.41) is 30.1. The summed E-state index contributed by atoms with van der Waals surface area (Å²) in [6.45, 7) is 4.67. The van der Waals surface area contributed by atoms with Gasteiger partial charge in [0.15, 0.2) is 0 Å². The van der Waals surface area contributed by atoms with Crippen molar-refractivity contribution >= 4 is 0 Å². The van der Waals surface area contributed by atoms with Crippen molar-refractivity contribution in [3.63, 3.8) is 0 Å². The Balaban J connectivity index is 1.75. The van der Waals surface area contributed by atoms with Crippen LogP contribution in [0.15, 0.2) is 23.5 Å². The second kappa shape index (κ2) is 4.39. The Morgan fingerprint density at radius 3 is 2.64 bits per heavy atom. The Kier molecular flexibility index (Phi) is 2.95. The highest BCUT2D eigenvalue weighted by molar-refractivity contribution is 5.35. The molecule has 0 bridgehead atoms. The number of aliphatic hydroxyl groups is 3. The van der Waals surface area contributed by atoms with Crippen molar-refractivity contribution in [3.05, 3.63) is 23.5 Å². The van der Waals surface area contributed by atoms with Crippen molar-refractivity contribution < 1.29 is 15.3 Å². The molecular weight excluding hydrogens is 276 g/mol. The molecule has 2 saturated carbocycles. The molecule has 4 rings (SSSR count). The first-order valence-corrected chi connectivity index (χ1v) is 8.83. The molecule has 122 valence electrons. The third-order valence-corrected chi connectivity index (χ3v) is 7.60. The Bertz CT molecular complexity index is 561. The van der Waals surface area contributed by atoms with E-state index in [1.807, 2.05) is 0 Å². The van der Waals surface area contributed by atoms with E-state index in [1.165, 1.54) is 32.1 Å². The fraction of sp³-hybridized carbons (Fsp3) is 0.789.